The number of aliphatic carboxylic acids is 1. The van der Waals surface area contributed by atoms with Crippen LogP contribution < -0.4 is 9.47 Å². The molecule has 46 heavy (non-hydrogen) atoms. The Hall–Kier alpha value is -2.99. The number of hydrogen-bond donors (Lipinski definition) is 1. The lowest BCUT2D eigenvalue weighted by molar-refractivity contribution is -0.144. The molecule has 0 radical (unpaired) electrons. The van der Waals surface area contributed by atoms with Crippen LogP contribution in [0.3, 0.4) is 0 Å². The third kappa shape index (κ3) is 9.08. The summed E-state index contributed by atoms with van der Waals surface area (Å²) in [5.41, 5.74) is 4.74. The monoisotopic (exact) mass is 632 g/mol. The van der Waals surface area contributed by atoms with E-state index in [-0.39, 0.29) is 6.04 Å². The van der Waals surface area contributed by atoms with Crippen molar-refractivity contribution < 1.29 is 19.4 Å². The maximum Gasteiger partial charge on any atom is 0.321 e. The van der Waals surface area contributed by atoms with Crippen LogP contribution in [0.1, 0.15) is 140 Å². The van der Waals surface area contributed by atoms with Crippen LogP contribution in [0.15, 0.2) is 42.5 Å². The number of methoxy groups -OCH3 is 1. The van der Waals surface area contributed by atoms with Gasteiger partial charge < -0.3 is 19.1 Å². The Morgan fingerprint density at radius 3 is 2.07 bits per heavy atom. The van der Waals surface area contributed by atoms with E-state index in [4.69, 9.17) is 9.47 Å². The Morgan fingerprint density at radius 2 is 1.41 bits per heavy atom. The lowest BCUT2D eigenvalue weighted by atomic mass is 9.87. The van der Waals surface area contributed by atoms with Crippen LogP contribution in [-0.2, 0) is 17.8 Å². The van der Waals surface area contributed by atoms with Gasteiger partial charge in [-0.1, -0.05) is 122 Å². The van der Waals surface area contributed by atoms with Crippen molar-refractivity contribution in [3.8, 4) is 11.5 Å². The number of aromatic nitrogens is 1. The zero-order valence-electron chi connectivity index (χ0n) is 29.2. The smallest absolute Gasteiger partial charge is 0.321 e. The highest BCUT2D eigenvalue weighted by molar-refractivity contribution is 5.88. The maximum atomic E-state index is 13.0. The number of carboxylic acid groups (broad SMARTS) is 1. The molecule has 4 rings (SSSR count). The number of aryl methyl sites for hydroxylation is 1. The molecule has 254 valence electrons. The average Bonchev–Trinajstić information content (AvgIpc) is 3.38. The standard InChI is InChI=1S/C40H60N2O4/c1-5-8-11-14-19-26-41-34-23-18-17-22-32(34)33-30-35(40(43)44)42(27-20-15-12-9-6-2)38(39(33)41)31-24-25-36(37(29-31)45-4)46-28-21-16-13-10-7-3/h17-18,22-25,29,35,38H,5-16,19-21,26-28,30H2,1-4H3,(H,43,44)/t35-,38-/m0/s1. The minimum atomic E-state index is -0.740. The van der Waals surface area contributed by atoms with Crippen LogP contribution in [-0.4, -0.2) is 46.8 Å². The average molecular weight is 633 g/mol. The molecule has 1 aliphatic rings. The number of para-hydroxylation sites is 1. The minimum Gasteiger partial charge on any atom is -0.493 e. The summed E-state index contributed by atoms with van der Waals surface area (Å²) in [4.78, 5) is 15.3. The molecule has 0 fully saturated rings. The van der Waals surface area contributed by atoms with E-state index < -0.39 is 12.0 Å². The van der Waals surface area contributed by atoms with Crippen molar-refractivity contribution in [2.24, 2.45) is 0 Å². The van der Waals surface area contributed by atoms with Crippen molar-refractivity contribution in [3.63, 3.8) is 0 Å². The predicted octanol–water partition coefficient (Wildman–Crippen LogP) is 10.3. The summed E-state index contributed by atoms with van der Waals surface area (Å²) >= 11 is 0. The van der Waals surface area contributed by atoms with Gasteiger partial charge in [0.25, 0.3) is 0 Å². The van der Waals surface area contributed by atoms with Crippen molar-refractivity contribution in [3.05, 3.63) is 59.3 Å². The van der Waals surface area contributed by atoms with E-state index in [0.717, 1.165) is 55.8 Å². The number of carbonyl (C=O) groups is 1. The Balaban J connectivity index is 1.75. The number of fused-ring (bicyclic) bond motifs is 3. The molecule has 0 saturated heterocycles. The molecule has 1 aromatic heterocycles. The summed E-state index contributed by atoms with van der Waals surface area (Å²) in [5, 5.41) is 11.9. The lowest BCUT2D eigenvalue weighted by Crippen LogP contribution is -2.49. The molecule has 0 amide bonds. The van der Waals surface area contributed by atoms with Gasteiger partial charge >= 0.3 is 5.97 Å². The third-order valence-corrected chi connectivity index (χ3v) is 9.81. The molecule has 0 aliphatic carbocycles. The van der Waals surface area contributed by atoms with Crippen LogP contribution in [0, 0.1) is 0 Å². The quantitative estimate of drug-likeness (QED) is 0.112. The Kier molecular flexibility index (Phi) is 14.8. The second-order valence-electron chi connectivity index (χ2n) is 13.2. The summed E-state index contributed by atoms with van der Waals surface area (Å²) in [6.07, 6.45) is 18.3. The van der Waals surface area contributed by atoms with Crippen LogP contribution in [0.5, 0.6) is 11.5 Å². The number of rotatable bonds is 22. The number of nitrogens with zero attached hydrogens (tertiary/aromatic N) is 2. The van der Waals surface area contributed by atoms with Gasteiger partial charge in [-0.15, -0.1) is 0 Å². The van der Waals surface area contributed by atoms with Crippen molar-refractivity contribution >= 4 is 16.9 Å². The fraction of sp³-hybridized carbons (Fsp3) is 0.625. The summed E-state index contributed by atoms with van der Waals surface area (Å²) in [6.45, 7) is 9.09. The summed E-state index contributed by atoms with van der Waals surface area (Å²) in [7, 11) is 1.71. The third-order valence-electron chi connectivity index (χ3n) is 9.81. The molecule has 1 aliphatic heterocycles. The molecule has 1 N–H and O–H groups in total. The van der Waals surface area contributed by atoms with Crippen LogP contribution >= 0.6 is 0 Å². The Labute approximate surface area is 278 Å². The molecule has 0 unspecified atom stereocenters. The highest BCUT2D eigenvalue weighted by atomic mass is 16.5. The van der Waals surface area contributed by atoms with E-state index in [9.17, 15) is 9.90 Å². The SMILES string of the molecule is CCCCCCCOc1ccc([C@H]2c3c(c4ccccc4n3CCCCCCC)C[C@@H](C(=O)O)N2CCCCCCC)cc1OC. The number of benzene rings is 2. The molecule has 6 heteroatoms. The molecule has 3 aromatic rings. The largest absolute Gasteiger partial charge is 0.493 e. The fourth-order valence-corrected chi connectivity index (χ4v) is 7.31. The predicted molar refractivity (Wildman–Crippen MR) is 190 cm³/mol. The topological polar surface area (TPSA) is 63.9 Å². The van der Waals surface area contributed by atoms with Crippen molar-refractivity contribution in [1.82, 2.24) is 9.47 Å². The van der Waals surface area contributed by atoms with Gasteiger partial charge in [0.05, 0.1) is 19.8 Å². The van der Waals surface area contributed by atoms with Gasteiger partial charge in [0.2, 0.25) is 0 Å². The molecule has 0 bridgehead atoms. The zero-order valence-corrected chi connectivity index (χ0v) is 29.2. The first kappa shape index (κ1) is 35.9. The van der Waals surface area contributed by atoms with Gasteiger partial charge in [-0.2, -0.15) is 0 Å². The van der Waals surface area contributed by atoms with E-state index in [1.165, 1.54) is 92.8 Å². The first-order valence-corrected chi connectivity index (χ1v) is 18.4. The first-order chi connectivity index (χ1) is 22.5. The first-order valence-electron chi connectivity index (χ1n) is 18.4. The van der Waals surface area contributed by atoms with Crippen molar-refractivity contribution in [2.45, 2.75) is 142 Å². The molecule has 0 spiro atoms. The number of hydrogen-bond acceptors (Lipinski definition) is 4. The lowest BCUT2D eigenvalue weighted by Gasteiger charge is -2.41. The van der Waals surface area contributed by atoms with Crippen molar-refractivity contribution in [2.75, 3.05) is 20.3 Å². The molecule has 6 nitrogen and oxygen atoms in total. The second kappa shape index (κ2) is 19.0. The van der Waals surface area contributed by atoms with Crippen LogP contribution in [0.2, 0.25) is 0 Å². The van der Waals surface area contributed by atoms with E-state index in [0.29, 0.717) is 13.0 Å². The molecule has 2 atom stereocenters. The van der Waals surface area contributed by atoms with E-state index in [2.05, 4.69) is 66.6 Å². The molecular weight excluding hydrogens is 572 g/mol. The number of ether oxygens (including phenoxy) is 2. The molecule has 2 aromatic carbocycles. The molecule has 2 heterocycles. The van der Waals surface area contributed by atoms with E-state index in [1.54, 1.807) is 7.11 Å². The van der Waals surface area contributed by atoms with Crippen molar-refractivity contribution in [1.29, 1.82) is 0 Å². The molecular formula is C40H60N2O4. The van der Waals surface area contributed by atoms with Gasteiger partial charge in [0.1, 0.15) is 6.04 Å². The van der Waals surface area contributed by atoms with E-state index in [1.807, 2.05) is 6.07 Å². The minimum absolute atomic E-state index is 0.184. The van der Waals surface area contributed by atoms with Crippen LogP contribution in [0.4, 0.5) is 0 Å². The summed E-state index contributed by atoms with van der Waals surface area (Å²) < 4.78 is 14.7. The fourth-order valence-electron chi connectivity index (χ4n) is 7.31. The summed E-state index contributed by atoms with van der Waals surface area (Å²) in [5.74, 6) is 0.737. The van der Waals surface area contributed by atoms with Gasteiger partial charge in [0, 0.05) is 29.6 Å². The van der Waals surface area contributed by atoms with Crippen LogP contribution in [0.25, 0.3) is 10.9 Å². The molecule has 0 saturated carbocycles. The Bertz CT molecular complexity index is 1350. The number of unbranched alkanes of at least 4 members (excludes halogenated alkanes) is 12. The van der Waals surface area contributed by atoms with Gasteiger partial charge in [-0.25, -0.2) is 0 Å². The van der Waals surface area contributed by atoms with E-state index >= 15 is 0 Å². The zero-order chi connectivity index (χ0) is 32.7. The second-order valence-corrected chi connectivity index (χ2v) is 13.2. The van der Waals surface area contributed by atoms with Gasteiger partial charge in [0.15, 0.2) is 11.5 Å². The van der Waals surface area contributed by atoms with Gasteiger partial charge in [-0.3, -0.25) is 9.69 Å². The highest BCUT2D eigenvalue weighted by Crippen LogP contribution is 2.45. The highest BCUT2D eigenvalue weighted by Gasteiger charge is 2.42. The summed E-state index contributed by atoms with van der Waals surface area (Å²) in [6, 6.07) is 14.2. The normalized spacial score (nSPS) is 16.5. The maximum absolute atomic E-state index is 13.0. The Morgan fingerprint density at radius 1 is 0.783 bits per heavy atom. The van der Waals surface area contributed by atoms with Gasteiger partial charge in [-0.05, 0) is 55.1 Å². The number of carboxylic acids is 1.